The minimum absolute atomic E-state index is 0.0214. The first kappa shape index (κ1) is 37.8. The van der Waals surface area contributed by atoms with Crippen molar-refractivity contribution in [3.63, 3.8) is 0 Å². The van der Waals surface area contributed by atoms with Crippen LogP contribution in [0.25, 0.3) is 0 Å². The second kappa shape index (κ2) is 14.9. The molecule has 0 aliphatic heterocycles. The molecule has 2 fully saturated rings. The molecule has 3 aliphatic rings. The highest BCUT2D eigenvalue weighted by Gasteiger charge is 2.69. The fourth-order valence-electron chi connectivity index (χ4n) is 8.36. The van der Waals surface area contributed by atoms with Crippen LogP contribution in [0, 0.1) is 29.6 Å². The van der Waals surface area contributed by atoms with Crippen molar-refractivity contribution >= 4 is 41.0 Å². The average molecular weight is 685 g/mol. The van der Waals surface area contributed by atoms with Crippen LogP contribution in [-0.4, -0.2) is 96.0 Å². The van der Waals surface area contributed by atoms with Crippen LogP contribution >= 0.6 is 0 Å². The van der Waals surface area contributed by atoms with Gasteiger partial charge in [0.1, 0.15) is 5.75 Å². The van der Waals surface area contributed by atoms with E-state index < -0.39 is 64.4 Å². The Hall–Kier alpha value is -3.97. The molecule has 0 saturated heterocycles. The molecule has 2 unspecified atom stereocenters. The number of aromatic hydroxyl groups is 1. The third-order valence-corrected chi connectivity index (χ3v) is 10.7. The summed E-state index contributed by atoms with van der Waals surface area (Å²) in [7, 11) is 5.71. The summed E-state index contributed by atoms with van der Waals surface area (Å²) in [6, 6.07) is 0.701. The standard InChI is InChI=1S/C36H48N2O11/c1-17(2)21-15-20(13-18(9-7-11-24(39)48-5)10-8-12-25(40)49-6)30(41)27-22(21)14-19-16-23-29(38(3)4)32(43)28(35(37)46)34(45)36(23,47)33(44)26(19)31(27)42/h15,17-19,23,26,28-29,41,47H,7-14,16H2,1-6H3,(H2,37,46)/t19-,23-,26?,28?,29-,36-/m0/s1. The lowest BCUT2D eigenvalue weighted by Gasteiger charge is -2.52. The number of esters is 2. The number of nitrogens with zero attached hydrogens (tertiary/aromatic N) is 1. The lowest BCUT2D eigenvalue weighted by atomic mass is 9.52. The Kier molecular flexibility index (Phi) is 11.5. The van der Waals surface area contributed by atoms with Crippen LogP contribution < -0.4 is 5.73 Å². The molecule has 0 heterocycles. The first-order chi connectivity index (χ1) is 23.0. The molecule has 6 atom stereocenters. The molecular weight excluding hydrogens is 636 g/mol. The largest absolute Gasteiger partial charge is 0.507 e. The molecule has 3 aliphatic carbocycles. The van der Waals surface area contributed by atoms with Gasteiger partial charge in [-0.15, -0.1) is 0 Å². The minimum Gasteiger partial charge on any atom is -0.507 e. The maximum atomic E-state index is 14.4. The number of phenols is 1. The first-order valence-electron chi connectivity index (χ1n) is 16.9. The summed E-state index contributed by atoms with van der Waals surface area (Å²) < 4.78 is 9.53. The van der Waals surface area contributed by atoms with Crippen molar-refractivity contribution in [2.75, 3.05) is 28.3 Å². The van der Waals surface area contributed by atoms with Crippen molar-refractivity contribution < 1.29 is 53.2 Å². The van der Waals surface area contributed by atoms with E-state index in [2.05, 4.69) is 0 Å². The molecule has 4 N–H and O–H groups in total. The van der Waals surface area contributed by atoms with Crippen molar-refractivity contribution in [3.8, 4) is 5.75 Å². The van der Waals surface area contributed by atoms with Gasteiger partial charge in [0, 0.05) is 18.8 Å². The van der Waals surface area contributed by atoms with E-state index in [0.29, 0.717) is 43.2 Å². The van der Waals surface area contributed by atoms with Crippen molar-refractivity contribution in [3.05, 3.63) is 28.3 Å². The number of primary amides is 1. The van der Waals surface area contributed by atoms with Gasteiger partial charge in [0.15, 0.2) is 34.7 Å². The van der Waals surface area contributed by atoms with Gasteiger partial charge < -0.3 is 25.4 Å². The highest BCUT2D eigenvalue weighted by atomic mass is 16.5. The molecule has 0 aromatic heterocycles. The lowest BCUT2D eigenvalue weighted by molar-refractivity contribution is -0.181. The van der Waals surface area contributed by atoms with E-state index >= 15 is 0 Å². The van der Waals surface area contributed by atoms with Crippen LogP contribution in [0.5, 0.6) is 5.75 Å². The number of methoxy groups -OCH3 is 2. The third-order valence-electron chi connectivity index (χ3n) is 10.7. The maximum Gasteiger partial charge on any atom is 0.305 e. The van der Waals surface area contributed by atoms with E-state index in [4.69, 9.17) is 15.2 Å². The number of hydrogen-bond acceptors (Lipinski definition) is 12. The van der Waals surface area contributed by atoms with Gasteiger partial charge in [0.25, 0.3) is 0 Å². The van der Waals surface area contributed by atoms with Gasteiger partial charge in [-0.3, -0.25) is 38.5 Å². The van der Waals surface area contributed by atoms with Crippen LogP contribution in [0.3, 0.4) is 0 Å². The van der Waals surface area contributed by atoms with Crippen LogP contribution in [-0.2, 0) is 51.1 Å². The number of ketones is 4. The van der Waals surface area contributed by atoms with E-state index in [0.717, 1.165) is 5.56 Å². The molecule has 4 rings (SSSR count). The molecule has 13 nitrogen and oxygen atoms in total. The topological polar surface area (TPSA) is 208 Å². The van der Waals surface area contributed by atoms with E-state index in [9.17, 15) is 43.8 Å². The number of aliphatic hydroxyl groups is 1. The van der Waals surface area contributed by atoms with Crippen molar-refractivity contribution in [1.29, 1.82) is 0 Å². The zero-order valence-corrected chi connectivity index (χ0v) is 29.1. The van der Waals surface area contributed by atoms with Crippen LogP contribution in [0.1, 0.15) is 91.8 Å². The second-order valence-corrected chi connectivity index (χ2v) is 14.3. The SMILES string of the molecule is COC(=O)CCCC(CCCC(=O)OC)Cc1cc(C(C)C)c2c(c1O)C(=O)C1C(=O)[C@]3(O)C(=O)C(C(N)=O)C(=O)[C@@H](N(C)C)[C@@H]3C[C@@H]1C2. The van der Waals surface area contributed by atoms with Gasteiger partial charge in [-0.2, -0.15) is 0 Å². The van der Waals surface area contributed by atoms with Gasteiger partial charge in [0.05, 0.1) is 31.7 Å². The van der Waals surface area contributed by atoms with Gasteiger partial charge in [-0.1, -0.05) is 19.9 Å². The summed E-state index contributed by atoms with van der Waals surface area (Å²) in [5.74, 6) is -11.8. The molecule has 49 heavy (non-hydrogen) atoms. The highest BCUT2D eigenvalue weighted by Crippen LogP contribution is 2.52. The average Bonchev–Trinajstić information content (AvgIpc) is 3.02. The van der Waals surface area contributed by atoms with Crippen molar-refractivity contribution in [2.45, 2.75) is 89.2 Å². The van der Waals surface area contributed by atoms with Crippen molar-refractivity contribution in [2.24, 2.45) is 35.3 Å². The number of fused-ring (bicyclic) bond motifs is 3. The molecule has 1 aromatic carbocycles. The summed E-state index contributed by atoms with van der Waals surface area (Å²) >= 11 is 0. The molecule has 0 spiro atoms. The molecule has 2 saturated carbocycles. The van der Waals surface area contributed by atoms with E-state index in [-0.39, 0.29) is 60.8 Å². The fourth-order valence-corrected chi connectivity index (χ4v) is 8.36. The maximum absolute atomic E-state index is 14.4. The number of benzene rings is 1. The molecule has 0 radical (unpaired) electrons. The molecule has 0 bridgehead atoms. The number of carbonyl (C=O) groups is 7. The van der Waals surface area contributed by atoms with Gasteiger partial charge in [-0.05, 0) is 93.5 Å². The highest BCUT2D eigenvalue weighted by molar-refractivity contribution is 6.32. The number of rotatable bonds is 13. The number of amides is 1. The van der Waals surface area contributed by atoms with E-state index in [1.54, 1.807) is 14.1 Å². The fraction of sp³-hybridized carbons (Fsp3) is 0.639. The van der Waals surface area contributed by atoms with Crippen molar-refractivity contribution in [1.82, 2.24) is 4.90 Å². The van der Waals surface area contributed by atoms with Crippen LogP contribution in [0.2, 0.25) is 0 Å². The first-order valence-corrected chi connectivity index (χ1v) is 16.9. The number of hydrogen-bond donors (Lipinski definition) is 3. The molecular formula is C36H48N2O11. The summed E-state index contributed by atoms with van der Waals surface area (Å²) in [4.78, 5) is 92.9. The lowest BCUT2D eigenvalue weighted by Crippen LogP contribution is -2.74. The van der Waals surface area contributed by atoms with E-state index in [1.807, 2.05) is 19.9 Å². The Balaban J connectivity index is 1.76. The van der Waals surface area contributed by atoms with Gasteiger partial charge >= 0.3 is 11.9 Å². The zero-order chi connectivity index (χ0) is 36.5. The molecule has 268 valence electrons. The number of Topliss-reactive ketones (excluding diaryl/α,β-unsaturated/α-hetero) is 4. The molecule has 1 aromatic rings. The number of nitrogens with two attached hydrogens (primary N) is 1. The van der Waals surface area contributed by atoms with Gasteiger partial charge in [-0.25, -0.2) is 0 Å². The normalized spacial score (nSPS) is 26.4. The Morgan fingerprint density at radius 1 is 1.00 bits per heavy atom. The Morgan fingerprint density at radius 2 is 1.57 bits per heavy atom. The molecule has 1 amide bonds. The summed E-state index contributed by atoms with van der Waals surface area (Å²) in [6.07, 6.45) is 3.03. The number of carbonyl (C=O) groups excluding carboxylic acids is 7. The Labute approximate surface area is 285 Å². The second-order valence-electron chi connectivity index (χ2n) is 14.3. The summed E-state index contributed by atoms with van der Waals surface area (Å²) in [5.41, 5.74) is 4.44. The van der Waals surface area contributed by atoms with Crippen LogP contribution in [0.4, 0.5) is 0 Å². The quantitative estimate of drug-likeness (QED) is 0.201. The number of phenolic OH excluding ortho intramolecular Hbond substituents is 1. The molecule has 13 heteroatoms. The number of likely N-dealkylation sites (N-methyl/N-ethyl adjacent to an activating group) is 1. The monoisotopic (exact) mass is 684 g/mol. The van der Waals surface area contributed by atoms with Gasteiger partial charge in [0.2, 0.25) is 5.91 Å². The third kappa shape index (κ3) is 6.92. The van der Waals surface area contributed by atoms with E-state index in [1.165, 1.54) is 19.1 Å². The zero-order valence-electron chi connectivity index (χ0n) is 29.1. The number of ether oxygens (including phenoxy) is 2. The summed E-state index contributed by atoms with van der Waals surface area (Å²) in [5, 5.41) is 23.6. The minimum atomic E-state index is -2.80. The smallest absolute Gasteiger partial charge is 0.305 e. The Morgan fingerprint density at radius 3 is 2.06 bits per heavy atom. The predicted octanol–water partition coefficient (Wildman–Crippen LogP) is 1.84. The predicted molar refractivity (Wildman–Crippen MR) is 174 cm³/mol. The van der Waals surface area contributed by atoms with Crippen LogP contribution in [0.15, 0.2) is 6.07 Å². The summed E-state index contributed by atoms with van der Waals surface area (Å²) in [6.45, 7) is 3.90. The Bertz CT molecular complexity index is 1530.